The maximum atomic E-state index is 5.55. The molecule has 1 nitrogen and oxygen atoms in total. The van der Waals surface area contributed by atoms with E-state index in [1.54, 1.807) is 0 Å². The highest BCUT2D eigenvalue weighted by molar-refractivity contribution is 9.09. The number of ether oxygens (including phenoxy) is 1. The summed E-state index contributed by atoms with van der Waals surface area (Å²) >= 11 is 3.46. The van der Waals surface area contributed by atoms with E-state index in [1.165, 1.54) is 0 Å². The zero-order valence-corrected chi connectivity index (χ0v) is 8.91. The molecule has 0 amide bonds. The highest BCUT2D eigenvalue weighted by atomic mass is 79.9. The second-order valence-corrected chi connectivity index (χ2v) is 3.74. The molecule has 0 radical (unpaired) electrons. The fourth-order valence-corrected chi connectivity index (χ4v) is 1.66. The molecule has 1 aromatic rings. The van der Waals surface area contributed by atoms with Crippen LogP contribution < -0.4 is 0 Å². The number of halogens is 1. The Bertz CT molecular complexity index is 221. The second-order valence-electron chi connectivity index (χ2n) is 2.91. The molecule has 0 aliphatic rings. The summed E-state index contributed by atoms with van der Waals surface area (Å²) in [5.74, 6) is 0. The van der Waals surface area contributed by atoms with E-state index >= 15 is 0 Å². The van der Waals surface area contributed by atoms with E-state index < -0.39 is 0 Å². The summed E-state index contributed by atoms with van der Waals surface area (Å²) in [6.45, 7) is 4.05. The van der Waals surface area contributed by atoms with E-state index in [1.807, 2.05) is 44.2 Å². The van der Waals surface area contributed by atoms with Crippen molar-refractivity contribution in [1.29, 1.82) is 0 Å². The highest BCUT2D eigenvalue weighted by Gasteiger charge is 2.07. The standard InChI is InChI=1S/C10H13BrO/c1-8(2)12-10(11)9-6-4-3-5-7-9/h3-8,10H,1-2H3. The van der Waals surface area contributed by atoms with E-state index in [2.05, 4.69) is 15.9 Å². The van der Waals surface area contributed by atoms with Crippen LogP contribution in [-0.2, 0) is 4.74 Å². The first kappa shape index (κ1) is 9.75. The molecule has 0 heterocycles. The van der Waals surface area contributed by atoms with Crippen molar-refractivity contribution in [3.05, 3.63) is 35.9 Å². The molecule has 0 saturated carbocycles. The Morgan fingerprint density at radius 3 is 2.25 bits per heavy atom. The third-order valence-electron chi connectivity index (χ3n) is 1.45. The zero-order chi connectivity index (χ0) is 8.97. The predicted molar refractivity (Wildman–Crippen MR) is 54.3 cm³/mol. The van der Waals surface area contributed by atoms with Crippen LogP contribution in [-0.4, -0.2) is 6.10 Å². The molecule has 0 spiro atoms. The monoisotopic (exact) mass is 228 g/mol. The van der Waals surface area contributed by atoms with Gasteiger partial charge in [0.25, 0.3) is 0 Å². The molecular weight excluding hydrogens is 216 g/mol. The molecule has 0 fully saturated rings. The first-order valence-electron chi connectivity index (χ1n) is 4.04. The molecule has 1 atom stereocenters. The number of rotatable bonds is 3. The van der Waals surface area contributed by atoms with E-state index in [4.69, 9.17) is 4.74 Å². The average molecular weight is 229 g/mol. The van der Waals surface area contributed by atoms with Gasteiger partial charge in [-0.1, -0.05) is 46.3 Å². The number of benzene rings is 1. The van der Waals surface area contributed by atoms with Gasteiger partial charge in [-0.15, -0.1) is 0 Å². The van der Waals surface area contributed by atoms with Crippen molar-refractivity contribution in [3.8, 4) is 0 Å². The van der Waals surface area contributed by atoms with E-state index in [-0.39, 0.29) is 11.1 Å². The molecule has 66 valence electrons. The Labute approximate surface area is 81.9 Å². The van der Waals surface area contributed by atoms with Crippen molar-refractivity contribution in [2.75, 3.05) is 0 Å². The average Bonchev–Trinajstić information content (AvgIpc) is 2.05. The van der Waals surface area contributed by atoms with Gasteiger partial charge in [-0.2, -0.15) is 0 Å². The number of alkyl halides is 1. The van der Waals surface area contributed by atoms with Crippen molar-refractivity contribution in [2.45, 2.75) is 25.0 Å². The van der Waals surface area contributed by atoms with Gasteiger partial charge in [0.05, 0.1) is 6.10 Å². The largest absolute Gasteiger partial charge is 0.360 e. The van der Waals surface area contributed by atoms with Crippen LogP contribution >= 0.6 is 15.9 Å². The highest BCUT2D eigenvalue weighted by Crippen LogP contribution is 2.24. The minimum absolute atomic E-state index is 0.0127. The van der Waals surface area contributed by atoms with Gasteiger partial charge in [-0.05, 0) is 19.4 Å². The van der Waals surface area contributed by atoms with Gasteiger partial charge < -0.3 is 4.74 Å². The third-order valence-corrected chi connectivity index (χ3v) is 2.20. The van der Waals surface area contributed by atoms with Gasteiger partial charge in [0, 0.05) is 0 Å². The summed E-state index contributed by atoms with van der Waals surface area (Å²) in [6, 6.07) is 10.1. The molecule has 0 aromatic heterocycles. The second kappa shape index (κ2) is 4.63. The van der Waals surface area contributed by atoms with Crippen LogP contribution in [0.1, 0.15) is 24.4 Å². The number of hydrogen-bond donors (Lipinski definition) is 0. The number of hydrogen-bond acceptors (Lipinski definition) is 1. The van der Waals surface area contributed by atoms with Crippen LogP contribution in [0.3, 0.4) is 0 Å². The predicted octanol–water partition coefficient (Wildman–Crippen LogP) is 3.51. The van der Waals surface area contributed by atoms with Gasteiger partial charge in [-0.25, -0.2) is 0 Å². The van der Waals surface area contributed by atoms with Gasteiger partial charge in [0.15, 0.2) is 0 Å². The topological polar surface area (TPSA) is 9.23 Å². The SMILES string of the molecule is CC(C)OC(Br)c1ccccc1. The first-order valence-corrected chi connectivity index (χ1v) is 4.96. The van der Waals surface area contributed by atoms with Crippen LogP contribution in [0.15, 0.2) is 30.3 Å². The van der Waals surface area contributed by atoms with Crippen LogP contribution in [0.2, 0.25) is 0 Å². The molecular formula is C10H13BrO. The first-order chi connectivity index (χ1) is 5.70. The molecule has 0 N–H and O–H groups in total. The van der Waals surface area contributed by atoms with Gasteiger partial charge in [0.1, 0.15) is 5.01 Å². The lowest BCUT2D eigenvalue weighted by molar-refractivity contribution is 0.0631. The van der Waals surface area contributed by atoms with Crippen LogP contribution in [0.5, 0.6) is 0 Å². The Hall–Kier alpha value is -0.340. The van der Waals surface area contributed by atoms with E-state index in [9.17, 15) is 0 Å². The van der Waals surface area contributed by atoms with Crippen LogP contribution in [0, 0.1) is 0 Å². The van der Waals surface area contributed by atoms with Crippen molar-refractivity contribution >= 4 is 15.9 Å². The summed E-state index contributed by atoms with van der Waals surface area (Å²) in [4.78, 5) is 0. The normalized spacial score (nSPS) is 13.3. The fourth-order valence-electron chi connectivity index (χ4n) is 0.922. The molecule has 0 aliphatic heterocycles. The maximum absolute atomic E-state index is 5.55. The molecule has 2 heteroatoms. The van der Waals surface area contributed by atoms with Crippen molar-refractivity contribution in [1.82, 2.24) is 0 Å². The summed E-state index contributed by atoms with van der Waals surface area (Å²) in [7, 11) is 0. The minimum atomic E-state index is 0.0127. The van der Waals surface area contributed by atoms with Gasteiger partial charge in [-0.3, -0.25) is 0 Å². The van der Waals surface area contributed by atoms with Crippen molar-refractivity contribution in [2.24, 2.45) is 0 Å². The fraction of sp³-hybridized carbons (Fsp3) is 0.400. The Kier molecular flexibility index (Phi) is 3.76. The zero-order valence-electron chi connectivity index (χ0n) is 7.33. The van der Waals surface area contributed by atoms with Crippen molar-refractivity contribution < 1.29 is 4.74 Å². The summed E-state index contributed by atoms with van der Waals surface area (Å²) in [6.07, 6.45) is 0.245. The lowest BCUT2D eigenvalue weighted by Gasteiger charge is -2.14. The van der Waals surface area contributed by atoms with Gasteiger partial charge >= 0.3 is 0 Å². The summed E-state index contributed by atoms with van der Waals surface area (Å²) < 4.78 is 5.55. The smallest absolute Gasteiger partial charge is 0.137 e. The Morgan fingerprint density at radius 2 is 1.75 bits per heavy atom. The molecule has 0 bridgehead atoms. The lowest BCUT2D eigenvalue weighted by atomic mass is 10.2. The van der Waals surface area contributed by atoms with Crippen LogP contribution in [0.4, 0.5) is 0 Å². The third kappa shape index (κ3) is 2.95. The van der Waals surface area contributed by atoms with E-state index in [0.717, 1.165) is 5.56 Å². The molecule has 1 aromatic carbocycles. The van der Waals surface area contributed by atoms with Gasteiger partial charge in [0.2, 0.25) is 0 Å². The molecule has 1 rings (SSSR count). The van der Waals surface area contributed by atoms with Crippen molar-refractivity contribution in [3.63, 3.8) is 0 Å². The molecule has 0 saturated heterocycles. The Morgan fingerprint density at radius 1 is 1.17 bits per heavy atom. The summed E-state index contributed by atoms with van der Waals surface area (Å²) in [5, 5.41) is 0.0127. The quantitative estimate of drug-likeness (QED) is 0.720. The minimum Gasteiger partial charge on any atom is -0.360 e. The molecule has 0 aliphatic carbocycles. The maximum Gasteiger partial charge on any atom is 0.137 e. The van der Waals surface area contributed by atoms with E-state index in [0.29, 0.717) is 0 Å². The lowest BCUT2D eigenvalue weighted by Crippen LogP contribution is -2.04. The summed E-state index contributed by atoms with van der Waals surface area (Å²) in [5.41, 5.74) is 1.16. The van der Waals surface area contributed by atoms with Crippen LogP contribution in [0.25, 0.3) is 0 Å². The Balaban J connectivity index is 2.59. The molecule has 12 heavy (non-hydrogen) atoms. The molecule has 1 unspecified atom stereocenters.